The van der Waals surface area contributed by atoms with Crippen LogP contribution in [0, 0.1) is 0 Å². The molecule has 0 amide bonds. The van der Waals surface area contributed by atoms with E-state index in [1.807, 2.05) is 13.0 Å². The van der Waals surface area contributed by atoms with Crippen LogP contribution in [0.1, 0.15) is 200 Å². The number of allylic oxidation sites excluding steroid dienone is 10. The lowest BCUT2D eigenvalue weighted by molar-refractivity contribution is -0.161. The smallest absolute Gasteiger partial charge is 0.462 e. The predicted octanol–water partition coefficient (Wildman–Crippen LogP) is 13.0. The Labute approximate surface area is 366 Å². The zero-order chi connectivity index (χ0) is 44.0. The highest BCUT2D eigenvalue weighted by Crippen LogP contribution is 2.43. The van der Waals surface area contributed by atoms with Crippen molar-refractivity contribution in [2.45, 2.75) is 212 Å². The number of esters is 2. The Morgan fingerprint density at radius 3 is 1.55 bits per heavy atom. The molecule has 0 heterocycles. The molecule has 3 atom stereocenters. The number of hydrogen-bond acceptors (Lipinski definition) is 9. The minimum atomic E-state index is -4.40. The fraction of sp³-hybridized carbons (Fsp3) is 0.755. The lowest BCUT2D eigenvalue weighted by Gasteiger charge is -2.19. The van der Waals surface area contributed by atoms with Gasteiger partial charge in [0.25, 0.3) is 0 Å². The molecule has 0 spiro atoms. The molecule has 0 fully saturated rings. The van der Waals surface area contributed by atoms with Crippen molar-refractivity contribution in [3.63, 3.8) is 0 Å². The molecule has 4 N–H and O–H groups in total. The molecule has 0 saturated heterocycles. The van der Waals surface area contributed by atoms with Gasteiger partial charge in [-0.15, -0.1) is 0 Å². The van der Waals surface area contributed by atoms with Gasteiger partial charge in [0.2, 0.25) is 0 Å². The monoisotopic (exact) mass is 866 g/mol. The number of phosphoric ester groups is 1. The van der Waals surface area contributed by atoms with Gasteiger partial charge in [-0.2, -0.15) is 0 Å². The SMILES string of the molecule is CCCCCCCC/C=C\CCCCCCCCCCCCCC(=O)O[C@H](COC(=O)CCC/C=C\C/C=C\C/C=C\C/C=C\CC[C@@H](O)CC)COP(=O)(O)OCCN. The van der Waals surface area contributed by atoms with Crippen molar-refractivity contribution in [3.05, 3.63) is 60.8 Å². The van der Waals surface area contributed by atoms with Crippen molar-refractivity contribution in [1.82, 2.24) is 0 Å². The third kappa shape index (κ3) is 43.7. The summed E-state index contributed by atoms with van der Waals surface area (Å²) in [5, 5.41) is 9.56. The Morgan fingerprint density at radius 1 is 0.567 bits per heavy atom. The average molecular weight is 866 g/mol. The van der Waals surface area contributed by atoms with Crippen LogP contribution in [-0.2, 0) is 32.7 Å². The predicted molar refractivity (Wildman–Crippen MR) is 249 cm³/mol. The van der Waals surface area contributed by atoms with Crippen LogP contribution in [0.25, 0.3) is 0 Å². The van der Waals surface area contributed by atoms with Crippen LogP contribution >= 0.6 is 7.82 Å². The van der Waals surface area contributed by atoms with Crippen molar-refractivity contribution in [1.29, 1.82) is 0 Å². The number of aliphatic hydroxyl groups excluding tert-OH is 1. The van der Waals surface area contributed by atoms with E-state index >= 15 is 0 Å². The number of ether oxygens (including phenoxy) is 2. The van der Waals surface area contributed by atoms with E-state index in [2.05, 4.69) is 61.6 Å². The number of aliphatic hydroxyl groups is 1. The van der Waals surface area contributed by atoms with Crippen LogP contribution < -0.4 is 5.73 Å². The molecular formula is C49H88NO9P. The number of rotatable bonds is 44. The lowest BCUT2D eigenvalue weighted by atomic mass is 10.0. The summed E-state index contributed by atoms with van der Waals surface area (Å²) < 4.78 is 32.8. The Hall–Kier alpha value is -2.33. The first-order chi connectivity index (χ1) is 29.2. The quantitative estimate of drug-likeness (QED) is 0.0233. The molecule has 0 rings (SSSR count). The maximum Gasteiger partial charge on any atom is 0.472 e. The molecular weight excluding hydrogens is 778 g/mol. The summed E-state index contributed by atoms with van der Waals surface area (Å²) in [6.07, 6.45) is 50.6. The van der Waals surface area contributed by atoms with Crippen LogP contribution in [0.15, 0.2) is 60.8 Å². The first-order valence-corrected chi connectivity index (χ1v) is 25.3. The van der Waals surface area contributed by atoms with Gasteiger partial charge in [-0.25, -0.2) is 4.57 Å². The van der Waals surface area contributed by atoms with E-state index in [9.17, 15) is 24.2 Å². The third-order valence-electron chi connectivity index (χ3n) is 10.0. The Balaban J connectivity index is 4.18. The average Bonchev–Trinajstić information content (AvgIpc) is 3.24. The number of hydrogen-bond donors (Lipinski definition) is 3. The largest absolute Gasteiger partial charge is 0.472 e. The molecule has 0 aliphatic rings. The van der Waals surface area contributed by atoms with E-state index in [1.165, 1.54) is 96.3 Å². The van der Waals surface area contributed by atoms with Gasteiger partial charge in [0.15, 0.2) is 6.10 Å². The molecule has 11 heteroatoms. The van der Waals surface area contributed by atoms with Gasteiger partial charge in [0.1, 0.15) is 6.61 Å². The second kappa shape index (κ2) is 44.7. The summed E-state index contributed by atoms with van der Waals surface area (Å²) in [6.45, 7) is 3.38. The summed E-state index contributed by atoms with van der Waals surface area (Å²) in [4.78, 5) is 34.9. The van der Waals surface area contributed by atoms with E-state index < -0.39 is 32.5 Å². The zero-order valence-electron chi connectivity index (χ0n) is 38.0. The van der Waals surface area contributed by atoms with Gasteiger partial charge in [-0.05, 0) is 83.5 Å². The molecule has 10 nitrogen and oxygen atoms in total. The standard InChI is InChI=1S/C49H88NO9P/c1-3-5-6-7-8-9-10-11-12-13-14-15-16-17-18-23-26-29-32-35-38-41-49(53)59-47(45-58-60(54,55)57-43-42-50)44-56-48(52)40-37-34-31-28-25-22-20-19-21-24-27-30-33-36-39-46(51)4-2/h11-12,20-22,24,28,30-31,33,46-47,51H,3-10,13-19,23,25-27,29,32,34-45,50H2,1-2H3,(H,54,55)/b12-11-,22-20-,24-21-,31-28-,33-30-/t46-,47+/m0/s1. The lowest BCUT2D eigenvalue weighted by Crippen LogP contribution is -2.29. The molecule has 0 saturated carbocycles. The summed E-state index contributed by atoms with van der Waals surface area (Å²) in [6, 6.07) is 0. The van der Waals surface area contributed by atoms with E-state index in [4.69, 9.17) is 24.3 Å². The molecule has 0 radical (unpaired) electrons. The molecule has 0 aliphatic carbocycles. The van der Waals surface area contributed by atoms with Gasteiger partial charge in [-0.3, -0.25) is 18.6 Å². The minimum Gasteiger partial charge on any atom is -0.462 e. The minimum absolute atomic E-state index is 0.0388. The van der Waals surface area contributed by atoms with E-state index in [1.54, 1.807) is 0 Å². The van der Waals surface area contributed by atoms with Gasteiger partial charge in [0.05, 0.1) is 19.3 Å². The van der Waals surface area contributed by atoms with E-state index in [0.717, 1.165) is 64.2 Å². The Bertz CT molecular complexity index is 1190. The van der Waals surface area contributed by atoms with Gasteiger partial charge in [0, 0.05) is 19.4 Å². The highest BCUT2D eigenvalue weighted by atomic mass is 31.2. The maximum absolute atomic E-state index is 12.6. The normalized spacial score (nSPS) is 14.3. The second-order valence-corrected chi connectivity index (χ2v) is 17.2. The highest BCUT2D eigenvalue weighted by Gasteiger charge is 2.26. The second-order valence-electron chi connectivity index (χ2n) is 15.8. The van der Waals surface area contributed by atoms with Crippen molar-refractivity contribution in [2.24, 2.45) is 5.73 Å². The van der Waals surface area contributed by atoms with Gasteiger partial charge in [-0.1, -0.05) is 164 Å². The fourth-order valence-electron chi connectivity index (χ4n) is 6.31. The molecule has 0 aliphatic heterocycles. The van der Waals surface area contributed by atoms with Crippen molar-refractivity contribution in [3.8, 4) is 0 Å². The van der Waals surface area contributed by atoms with Crippen LogP contribution in [0.5, 0.6) is 0 Å². The van der Waals surface area contributed by atoms with Crippen molar-refractivity contribution < 1.29 is 42.7 Å². The summed E-state index contributed by atoms with van der Waals surface area (Å²) in [7, 11) is -4.40. The molecule has 1 unspecified atom stereocenters. The van der Waals surface area contributed by atoms with Crippen LogP contribution in [-0.4, -0.2) is 60.5 Å². The van der Waals surface area contributed by atoms with Crippen LogP contribution in [0.4, 0.5) is 0 Å². The fourth-order valence-corrected chi connectivity index (χ4v) is 7.07. The molecule has 348 valence electrons. The van der Waals surface area contributed by atoms with Crippen LogP contribution in [0.3, 0.4) is 0 Å². The van der Waals surface area contributed by atoms with E-state index in [0.29, 0.717) is 12.8 Å². The number of carbonyl (C=O) groups is 2. The highest BCUT2D eigenvalue weighted by molar-refractivity contribution is 7.47. The Morgan fingerprint density at radius 2 is 1.02 bits per heavy atom. The molecule has 0 aromatic carbocycles. The first-order valence-electron chi connectivity index (χ1n) is 23.8. The first kappa shape index (κ1) is 57.7. The summed E-state index contributed by atoms with van der Waals surface area (Å²) in [5.74, 6) is -0.913. The third-order valence-corrected chi connectivity index (χ3v) is 11.0. The topological polar surface area (TPSA) is 155 Å². The van der Waals surface area contributed by atoms with Gasteiger partial charge >= 0.3 is 19.8 Å². The van der Waals surface area contributed by atoms with Crippen molar-refractivity contribution in [2.75, 3.05) is 26.4 Å². The molecule has 60 heavy (non-hydrogen) atoms. The Kier molecular flexibility index (Phi) is 43.0. The van der Waals surface area contributed by atoms with Crippen molar-refractivity contribution >= 4 is 19.8 Å². The molecule has 0 aromatic heterocycles. The maximum atomic E-state index is 12.6. The number of unbranched alkanes of at least 4 members (excludes halogenated alkanes) is 18. The molecule has 0 bridgehead atoms. The number of nitrogens with two attached hydrogens (primary N) is 1. The summed E-state index contributed by atoms with van der Waals surface area (Å²) >= 11 is 0. The number of phosphoric acid groups is 1. The van der Waals surface area contributed by atoms with E-state index in [-0.39, 0.29) is 38.7 Å². The van der Waals surface area contributed by atoms with Gasteiger partial charge < -0.3 is 25.2 Å². The number of carbonyl (C=O) groups excluding carboxylic acids is 2. The van der Waals surface area contributed by atoms with Crippen LogP contribution in [0.2, 0.25) is 0 Å². The molecule has 0 aromatic rings. The summed E-state index contributed by atoms with van der Waals surface area (Å²) in [5.41, 5.74) is 5.35. The zero-order valence-corrected chi connectivity index (χ0v) is 38.9.